The van der Waals surface area contributed by atoms with Crippen LogP contribution in [0.25, 0.3) is 0 Å². The molecule has 0 saturated carbocycles. The van der Waals surface area contributed by atoms with E-state index in [1.54, 1.807) is 29.4 Å². The van der Waals surface area contributed by atoms with E-state index in [1.165, 1.54) is 19.2 Å². The van der Waals surface area contributed by atoms with Crippen molar-refractivity contribution in [2.75, 3.05) is 20.2 Å². The first-order valence-corrected chi connectivity index (χ1v) is 8.38. The van der Waals surface area contributed by atoms with Gasteiger partial charge in [0.2, 0.25) is 0 Å². The molecule has 1 aromatic heterocycles. The number of carboxylic acid groups (broad SMARTS) is 1. The van der Waals surface area contributed by atoms with Crippen molar-refractivity contribution in [3.63, 3.8) is 0 Å². The Morgan fingerprint density at radius 2 is 2.08 bits per heavy atom. The molecule has 138 valence electrons. The number of hydrogen-bond donors (Lipinski definition) is 2. The quantitative estimate of drug-likeness (QED) is 0.852. The van der Waals surface area contributed by atoms with Gasteiger partial charge < -0.3 is 14.9 Å². The number of aromatic nitrogens is 1. The van der Waals surface area contributed by atoms with Crippen LogP contribution in [0, 0.1) is 5.82 Å². The van der Waals surface area contributed by atoms with E-state index in [-0.39, 0.29) is 5.75 Å². The molecule has 0 unspecified atom stereocenters. The summed E-state index contributed by atoms with van der Waals surface area (Å²) in [6, 6.07) is 6.78. The van der Waals surface area contributed by atoms with E-state index in [0.717, 1.165) is 5.56 Å². The Kier molecular flexibility index (Phi) is 5.20. The van der Waals surface area contributed by atoms with Crippen molar-refractivity contribution in [1.82, 2.24) is 9.88 Å². The van der Waals surface area contributed by atoms with Gasteiger partial charge in [-0.2, -0.15) is 0 Å². The number of rotatable bonds is 5. The summed E-state index contributed by atoms with van der Waals surface area (Å²) in [6.07, 6.45) is 4.02. The van der Waals surface area contributed by atoms with Crippen LogP contribution in [0.4, 0.5) is 4.39 Å². The SMILES string of the molecule is COc1ccc([C@@H](C(=O)O)N2CCC(O)(c3cccnc3)CC2)cc1F. The zero-order chi connectivity index (χ0) is 18.7. The number of ether oxygens (including phenoxy) is 1. The first-order chi connectivity index (χ1) is 12.4. The van der Waals surface area contributed by atoms with E-state index in [1.807, 2.05) is 6.07 Å². The Balaban J connectivity index is 1.79. The van der Waals surface area contributed by atoms with Crippen LogP contribution in [0.1, 0.15) is 30.0 Å². The Morgan fingerprint density at radius 3 is 2.62 bits per heavy atom. The number of benzene rings is 1. The van der Waals surface area contributed by atoms with Gasteiger partial charge in [-0.05, 0) is 36.6 Å². The Morgan fingerprint density at radius 1 is 1.35 bits per heavy atom. The second kappa shape index (κ2) is 7.39. The second-order valence-electron chi connectivity index (χ2n) is 6.44. The number of nitrogens with zero attached hydrogens (tertiary/aromatic N) is 2. The second-order valence-corrected chi connectivity index (χ2v) is 6.44. The van der Waals surface area contributed by atoms with E-state index < -0.39 is 23.4 Å². The lowest BCUT2D eigenvalue weighted by Crippen LogP contribution is -2.46. The minimum absolute atomic E-state index is 0.0717. The molecule has 1 fully saturated rings. The molecule has 1 aliphatic rings. The Bertz CT molecular complexity index is 776. The van der Waals surface area contributed by atoms with Crippen LogP contribution in [-0.2, 0) is 10.4 Å². The van der Waals surface area contributed by atoms with Crippen molar-refractivity contribution in [3.8, 4) is 5.75 Å². The molecule has 6 nitrogen and oxygen atoms in total. The number of aliphatic hydroxyl groups is 1. The van der Waals surface area contributed by atoms with Crippen molar-refractivity contribution in [2.45, 2.75) is 24.5 Å². The molecule has 0 bridgehead atoms. The summed E-state index contributed by atoms with van der Waals surface area (Å²) in [6.45, 7) is 0.742. The van der Waals surface area contributed by atoms with E-state index in [2.05, 4.69) is 4.98 Å². The van der Waals surface area contributed by atoms with E-state index in [4.69, 9.17) is 4.74 Å². The molecular weight excluding hydrogens is 339 g/mol. The van der Waals surface area contributed by atoms with Gasteiger partial charge in [0.1, 0.15) is 6.04 Å². The molecule has 0 amide bonds. The number of hydrogen-bond acceptors (Lipinski definition) is 5. The fraction of sp³-hybridized carbons (Fsp3) is 0.368. The minimum Gasteiger partial charge on any atom is -0.494 e. The first-order valence-electron chi connectivity index (χ1n) is 8.38. The van der Waals surface area contributed by atoms with Gasteiger partial charge in [0.05, 0.1) is 12.7 Å². The van der Waals surface area contributed by atoms with Gasteiger partial charge in [-0.3, -0.25) is 14.7 Å². The lowest BCUT2D eigenvalue weighted by molar-refractivity contribution is -0.146. The summed E-state index contributed by atoms with van der Waals surface area (Å²) in [5, 5.41) is 20.5. The monoisotopic (exact) mass is 360 g/mol. The maximum atomic E-state index is 14.0. The van der Waals surface area contributed by atoms with Crippen molar-refractivity contribution in [2.24, 2.45) is 0 Å². The molecular formula is C19H21FN2O4. The maximum Gasteiger partial charge on any atom is 0.325 e. The fourth-order valence-corrected chi connectivity index (χ4v) is 3.44. The molecule has 1 saturated heterocycles. The van der Waals surface area contributed by atoms with Crippen LogP contribution < -0.4 is 4.74 Å². The first kappa shape index (κ1) is 18.3. The molecule has 3 rings (SSSR count). The molecule has 0 radical (unpaired) electrons. The highest BCUT2D eigenvalue weighted by molar-refractivity contribution is 5.75. The number of piperidine rings is 1. The summed E-state index contributed by atoms with van der Waals surface area (Å²) in [5.41, 5.74) is 0.0449. The van der Waals surface area contributed by atoms with E-state index >= 15 is 0 Å². The van der Waals surface area contributed by atoms with Crippen molar-refractivity contribution >= 4 is 5.97 Å². The lowest BCUT2D eigenvalue weighted by atomic mass is 9.84. The van der Waals surface area contributed by atoms with Crippen LogP contribution in [-0.4, -0.2) is 46.3 Å². The van der Waals surface area contributed by atoms with Gasteiger partial charge in [-0.15, -0.1) is 0 Å². The largest absolute Gasteiger partial charge is 0.494 e. The van der Waals surface area contributed by atoms with Gasteiger partial charge in [-0.1, -0.05) is 12.1 Å². The van der Waals surface area contributed by atoms with Gasteiger partial charge in [0.25, 0.3) is 0 Å². The molecule has 2 aromatic rings. The van der Waals surface area contributed by atoms with Crippen LogP contribution >= 0.6 is 0 Å². The van der Waals surface area contributed by atoms with Gasteiger partial charge in [0.15, 0.2) is 11.6 Å². The smallest absolute Gasteiger partial charge is 0.325 e. The molecule has 7 heteroatoms. The average Bonchev–Trinajstić information content (AvgIpc) is 2.64. The van der Waals surface area contributed by atoms with Gasteiger partial charge in [0, 0.05) is 31.0 Å². The zero-order valence-corrected chi connectivity index (χ0v) is 14.4. The Labute approximate surface area is 150 Å². The van der Waals surface area contributed by atoms with Gasteiger partial charge in [-0.25, -0.2) is 4.39 Å². The van der Waals surface area contributed by atoms with Crippen molar-refractivity contribution in [3.05, 3.63) is 59.7 Å². The third-order valence-corrected chi connectivity index (χ3v) is 4.91. The van der Waals surface area contributed by atoms with Crippen LogP contribution in [0.15, 0.2) is 42.7 Å². The third kappa shape index (κ3) is 3.54. The van der Waals surface area contributed by atoms with Crippen LogP contribution in [0.5, 0.6) is 5.75 Å². The number of methoxy groups -OCH3 is 1. The molecule has 1 aromatic carbocycles. The summed E-state index contributed by atoms with van der Waals surface area (Å²) in [4.78, 5) is 17.6. The number of carbonyl (C=O) groups is 1. The molecule has 2 heterocycles. The number of likely N-dealkylation sites (tertiary alicyclic amines) is 1. The predicted octanol–water partition coefficient (Wildman–Crippen LogP) is 2.34. The number of carboxylic acids is 1. The normalized spacial score (nSPS) is 18.3. The topological polar surface area (TPSA) is 82.9 Å². The van der Waals surface area contributed by atoms with Crippen molar-refractivity contribution < 1.29 is 24.1 Å². The Hall–Kier alpha value is -2.51. The molecule has 1 atom stereocenters. The zero-order valence-electron chi connectivity index (χ0n) is 14.4. The fourth-order valence-electron chi connectivity index (χ4n) is 3.44. The molecule has 2 N–H and O–H groups in total. The standard InChI is InChI=1S/C19H21FN2O4/c1-26-16-5-4-13(11-15(16)20)17(18(23)24)22-9-6-19(25,7-10-22)14-3-2-8-21-12-14/h2-5,8,11-12,17,25H,6-7,9-10H2,1H3,(H,23,24)/t17-/m0/s1. The molecule has 1 aliphatic heterocycles. The average molecular weight is 360 g/mol. The number of halogens is 1. The van der Waals surface area contributed by atoms with Crippen molar-refractivity contribution in [1.29, 1.82) is 0 Å². The summed E-state index contributed by atoms with van der Waals surface area (Å²) in [5.74, 6) is -1.58. The maximum absolute atomic E-state index is 14.0. The molecule has 0 aliphatic carbocycles. The highest BCUT2D eigenvalue weighted by Gasteiger charge is 2.38. The number of pyridine rings is 1. The van der Waals surface area contributed by atoms with E-state index in [0.29, 0.717) is 31.5 Å². The van der Waals surface area contributed by atoms with Crippen LogP contribution in [0.3, 0.4) is 0 Å². The van der Waals surface area contributed by atoms with Crippen LogP contribution in [0.2, 0.25) is 0 Å². The van der Waals surface area contributed by atoms with E-state index in [9.17, 15) is 19.4 Å². The summed E-state index contributed by atoms with van der Waals surface area (Å²) < 4.78 is 18.9. The predicted molar refractivity (Wildman–Crippen MR) is 92.3 cm³/mol. The number of aliphatic carboxylic acids is 1. The highest BCUT2D eigenvalue weighted by Crippen LogP contribution is 2.36. The third-order valence-electron chi connectivity index (χ3n) is 4.91. The summed E-state index contributed by atoms with van der Waals surface area (Å²) in [7, 11) is 1.36. The van der Waals surface area contributed by atoms with Gasteiger partial charge >= 0.3 is 5.97 Å². The molecule has 26 heavy (non-hydrogen) atoms. The minimum atomic E-state index is -1.05. The summed E-state index contributed by atoms with van der Waals surface area (Å²) >= 11 is 0. The molecule has 0 spiro atoms. The lowest BCUT2D eigenvalue weighted by Gasteiger charge is -2.40. The highest BCUT2D eigenvalue weighted by atomic mass is 19.1.